The molecular weight excluding hydrogens is 416 g/mol. The van der Waals surface area contributed by atoms with Crippen molar-refractivity contribution in [3.05, 3.63) is 94.5 Å². The number of nitrogens with zero attached hydrogens (tertiary/aromatic N) is 1. The van der Waals surface area contributed by atoms with Crippen molar-refractivity contribution in [3.63, 3.8) is 0 Å². The van der Waals surface area contributed by atoms with E-state index in [1.165, 1.54) is 19.2 Å². The van der Waals surface area contributed by atoms with Crippen LogP contribution in [0.15, 0.2) is 71.6 Å². The Kier molecular flexibility index (Phi) is 6.74. The zero-order chi connectivity index (χ0) is 22.6. The van der Waals surface area contributed by atoms with Crippen LogP contribution in [0.3, 0.4) is 0 Å². The van der Waals surface area contributed by atoms with Crippen LogP contribution in [0.1, 0.15) is 32.6 Å². The zero-order valence-corrected chi connectivity index (χ0v) is 18.3. The summed E-state index contributed by atoms with van der Waals surface area (Å²) in [6, 6.07) is 18.9. The summed E-state index contributed by atoms with van der Waals surface area (Å²) in [5, 5.41) is 10.2. The third-order valence-electron chi connectivity index (χ3n) is 4.66. The number of sulfonamides is 1. The predicted molar refractivity (Wildman–Crippen MR) is 116 cm³/mol. The summed E-state index contributed by atoms with van der Waals surface area (Å²) in [4.78, 5) is 14.4. The van der Waals surface area contributed by atoms with Gasteiger partial charge in [0.25, 0.3) is 15.9 Å². The highest BCUT2D eigenvalue weighted by Crippen LogP contribution is 2.24. The number of hydrazine groups is 1. The molecule has 0 radical (unpaired) electrons. The summed E-state index contributed by atoms with van der Waals surface area (Å²) in [5.41, 5.74) is 3.17. The molecule has 3 aromatic carbocycles. The molecule has 0 saturated heterocycles. The minimum absolute atomic E-state index is 0.0000753. The van der Waals surface area contributed by atoms with E-state index in [0.29, 0.717) is 17.7 Å². The summed E-state index contributed by atoms with van der Waals surface area (Å²) in [6.45, 7) is 3.62. The normalized spacial score (nSPS) is 11.2. The first-order valence-corrected chi connectivity index (χ1v) is 11.0. The van der Waals surface area contributed by atoms with Gasteiger partial charge in [0.05, 0.1) is 12.0 Å². The van der Waals surface area contributed by atoms with Gasteiger partial charge in [0.15, 0.2) is 0 Å². The van der Waals surface area contributed by atoms with Gasteiger partial charge < -0.3 is 4.74 Å². The smallest absolute Gasteiger partial charge is 0.293 e. The number of hydroxylamine groups is 1. The average Bonchev–Trinajstić information content (AvgIpc) is 2.72. The third kappa shape index (κ3) is 5.49. The maximum Gasteiger partial charge on any atom is 0.293 e. The highest BCUT2D eigenvalue weighted by Gasteiger charge is 2.25. The highest BCUT2D eigenvalue weighted by atomic mass is 32.2. The third-order valence-corrected chi connectivity index (χ3v) is 6.05. The van der Waals surface area contributed by atoms with E-state index in [1.54, 1.807) is 18.2 Å². The van der Waals surface area contributed by atoms with Crippen molar-refractivity contribution in [2.45, 2.75) is 25.2 Å². The number of carbonyl (C=O) groups excluding carboxylic acids is 1. The summed E-state index contributed by atoms with van der Waals surface area (Å²) in [7, 11) is -2.77. The lowest BCUT2D eigenvalue weighted by atomic mass is 10.0. The van der Waals surface area contributed by atoms with Crippen molar-refractivity contribution < 1.29 is 23.2 Å². The topological polar surface area (TPSA) is 95.9 Å². The number of aryl methyl sites for hydroxylation is 2. The molecule has 0 aliphatic heterocycles. The summed E-state index contributed by atoms with van der Waals surface area (Å²) in [5.74, 6) is -0.384. The monoisotopic (exact) mass is 440 g/mol. The Bertz CT molecular complexity index is 1170. The molecule has 0 aliphatic carbocycles. The summed E-state index contributed by atoms with van der Waals surface area (Å²) in [6.07, 6.45) is 0.324. The number of ether oxygens (including phenoxy) is 1. The number of amides is 1. The maximum absolute atomic E-state index is 13.0. The molecule has 0 bridgehead atoms. The minimum Gasteiger partial charge on any atom is -0.497 e. The van der Waals surface area contributed by atoms with Gasteiger partial charge in [0.2, 0.25) is 0 Å². The maximum atomic E-state index is 13.0. The van der Waals surface area contributed by atoms with E-state index >= 15 is 0 Å². The fourth-order valence-corrected chi connectivity index (χ4v) is 4.46. The van der Waals surface area contributed by atoms with Crippen LogP contribution in [-0.2, 0) is 16.4 Å². The number of methoxy groups -OCH3 is 1. The Balaban J connectivity index is 1.91. The second-order valence-electron chi connectivity index (χ2n) is 7.22. The molecule has 0 atom stereocenters. The highest BCUT2D eigenvalue weighted by molar-refractivity contribution is 7.89. The number of nitrogens with one attached hydrogen (secondary N) is 1. The lowest BCUT2D eigenvalue weighted by Gasteiger charge is -2.18. The Morgan fingerprint density at radius 2 is 1.65 bits per heavy atom. The molecule has 2 N–H and O–H groups in total. The molecule has 162 valence electrons. The first-order chi connectivity index (χ1) is 14.7. The van der Waals surface area contributed by atoms with Crippen LogP contribution >= 0.6 is 0 Å². The Morgan fingerprint density at radius 1 is 1.00 bits per heavy atom. The molecular formula is C23H24N2O5S. The standard InChI is InChI=1S/C23H24N2O5S/c1-16-11-17(2)13-20(12-16)23(26)25(27)24-31(28,29)22-10-9-21(30-3)15-19(22)14-18-7-5-4-6-8-18/h4-13,15,24,27H,14H2,1-3H3. The number of hydrogen-bond donors (Lipinski definition) is 2. The molecule has 31 heavy (non-hydrogen) atoms. The second-order valence-corrected chi connectivity index (χ2v) is 8.85. The van der Waals surface area contributed by atoms with Crippen LogP contribution in [0.4, 0.5) is 0 Å². The van der Waals surface area contributed by atoms with Crippen LogP contribution in [0.2, 0.25) is 0 Å². The van der Waals surface area contributed by atoms with E-state index in [1.807, 2.05) is 55.1 Å². The fourth-order valence-electron chi connectivity index (χ4n) is 3.32. The van der Waals surface area contributed by atoms with E-state index < -0.39 is 15.9 Å². The largest absolute Gasteiger partial charge is 0.497 e. The van der Waals surface area contributed by atoms with Crippen LogP contribution in [0.25, 0.3) is 0 Å². The van der Waals surface area contributed by atoms with Gasteiger partial charge >= 0.3 is 0 Å². The molecule has 3 aromatic rings. The average molecular weight is 441 g/mol. The van der Waals surface area contributed by atoms with Crippen LogP contribution in [0.5, 0.6) is 5.75 Å². The van der Waals surface area contributed by atoms with Crippen molar-refractivity contribution in [1.29, 1.82) is 0 Å². The van der Waals surface area contributed by atoms with Gasteiger partial charge in [-0.15, -0.1) is 5.17 Å². The van der Waals surface area contributed by atoms with Gasteiger partial charge in [-0.25, -0.2) is 8.42 Å². The minimum atomic E-state index is -4.26. The number of carbonyl (C=O) groups is 1. The number of rotatable bonds is 7. The Morgan fingerprint density at radius 3 is 2.26 bits per heavy atom. The molecule has 0 fully saturated rings. The molecule has 0 aliphatic rings. The van der Waals surface area contributed by atoms with Crippen LogP contribution in [0, 0.1) is 13.8 Å². The van der Waals surface area contributed by atoms with Crippen molar-refractivity contribution >= 4 is 15.9 Å². The van der Waals surface area contributed by atoms with Crippen molar-refractivity contribution in [2.75, 3.05) is 7.11 Å². The van der Waals surface area contributed by atoms with Crippen LogP contribution in [-0.4, -0.2) is 31.8 Å². The molecule has 0 aromatic heterocycles. The van der Waals surface area contributed by atoms with Gasteiger partial charge in [-0.05, 0) is 61.7 Å². The van der Waals surface area contributed by atoms with E-state index in [4.69, 9.17) is 4.74 Å². The lowest BCUT2D eigenvalue weighted by molar-refractivity contribution is -0.0761. The molecule has 1 amide bonds. The van der Waals surface area contributed by atoms with Gasteiger partial charge in [0.1, 0.15) is 5.75 Å². The molecule has 3 rings (SSSR count). The van der Waals surface area contributed by atoms with Crippen molar-refractivity contribution in [2.24, 2.45) is 0 Å². The molecule has 7 nitrogen and oxygen atoms in total. The zero-order valence-electron chi connectivity index (χ0n) is 17.5. The number of benzene rings is 3. The van der Waals surface area contributed by atoms with Gasteiger partial charge in [0, 0.05) is 5.56 Å². The van der Waals surface area contributed by atoms with E-state index in [0.717, 1.165) is 16.7 Å². The summed E-state index contributed by atoms with van der Waals surface area (Å²) >= 11 is 0. The Hall–Kier alpha value is -3.20. The lowest BCUT2D eigenvalue weighted by Crippen LogP contribution is -2.44. The molecule has 0 spiro atoms. The molecule has 0 heterocycles. The predicted octanol–water partition coefficient (Wildman–Crippen LogP) is 3.63. The summed E-state index contributed by atoms with van der Waals surface area (Å²) < 4.78 is 31.3. The molecule has 0 unspecified atom stereocenters. The second kappa shape index (κ2) is 9.30. The first-order valence-electron chi connectivity index (χ1n) is 9.54. The molecule has 8 heteroatoms. The first kappa shape index (κ1) is 22.5. The van der Waals surface area contributed by atoms with Crippen LogP contribution < -0.4 is 9.57 Å². The van der Waals surface area contributed by atoms with Gasteiger partial charge in [-0.2, -0.15) is 0 Å². The SMILES string of the molecule is COc1ccc(S(=O)(=O)NN(O)C(=O)c2cc(C)cc(C)c2)c(Cc2ccccc2)c1. The van der Waals surface area contributed by atoms with E-state index in [-0.39, 0.29) is 15.6 Å². The Labute approximate surface area is 181 Å². The quantitative estimate of drug-likeness (QED) is 0.432. The van der Waals surface area contributed by atoms with Gasteiger partial charge in [-0.1, -0.05) is 52.4 Å². The van der Waals surface area contributed by atoms with Crippen molar-refractivity contribution in [3.8, 4) is 5.75 Å². The molecule has 0 saturated carbocycles. The van der Waals surface area contributed by atoms with Gasteiger partial charge in [-0.3, -0.25) is 10.0 Å². The number of hydrogen-bond acceptors (Lipinski definition) is 5. The van der Waals surface area contributed by atoms with E-state index in [2.05, 4.69) is 0 Å². The fraction of sp³-hybridized carbons (Fsp3) is 0.174. The van der Waals surface area contributed by atoms with Crippen molar-refractivity contribution in [1.82, 2.24) is 10.0 Å². The van der Waals surface area contributed by atoms with E-state index in [9.17, 15) is 18.4 Å².